The number of morpholine rings is 1. The highest BCUT2D eigenvalue weighted by Crippen LogP contribution is 2.35. The van der Waals surface area contributed by atoms with Gasteiger partial charge in [0, 0.05) is 74.5 Å². The molecule has 0 aliphatic carbocycles. The van der Waals surface area contributed by atoms with Gasteiger partial charge in [0.15, 0.2) is 11.6 Å². The normalized spacial score (nSPS) is 18.9. The molecule has 2 aliphatic heterocycles. The minimum Gasteiger partial charge on any atom is -0.378 e. The summed E-state index contributed by atoms with van der Waals surface area (Å²) in [6.45, 7) is 7.55. The van der Waals surface area contributed by atoms with Gasteiger partial charge in [-0.2, -0.15) is 0 Å². The Morgan fingerprint density at radius 3 is 2.50 bits per heavy atom. The van der Waals surface area contributed by atoms with Crippen LogP contribution in [0.3, 0.4) is 0 Å². The number of fused-ring (bicyclic) bond motifs is 1. The molecule has 4 heterocycles. The van der Waals surface area contributed by atoms with E-state index in [0.29, 0.717) is 0 Å². The fraction of sp³-hybridized carbons (Fsp3) is 0.478. The molecule has 1 unspecified atom stereocenters. The molecular weight excluding hydrogens is 488 g/mol. The largest absolute Gasteiger partial charge is 0.378 e. The van der Waals surface area contributed by atoms with Crippen LogP contribution in [-0.4, -0.2) is 88.4 Å². The smallest absolute Gasteiger partial charge is 0.162 e. The molecule has 2 aromatic heterocycles. The van der Waals surface area contributed by atoms with E-state index >= 15 is 0 Å². The second-order valence-electron chi connectivity index (χ2n) is 8.41. The van der Waals surface area contributed by atoms with Crippen LogP contribution in [0.4, 0.5) is 11.5 Å². The highest BCUT2D eigenvalue weighted by Gasteiger charge is 2.23. The Bertz CT molecular complexity index is 1140. The van der Waals surface area contributed by atoms with Crippen molar-refractivity contribution in [3.63, 3.8) is 0 Å². The van der Waals surface area contributed by atoms with Gasteiger partial charge in [-0.05, 0) is 30.3 Å². The average molecular weight is 519 g/mol. The molecule has 2 fully saturated rings. The van der Waals surface area contributed by atoms with Crippen LogP contribution in [0.5, 0.6) is 0 Å². The number of hydrogen-bond acceptors (Lipinski definition) is 9. The van der Waals surface area contributed by atoms with Crippen molar-refractivity contribution in [3.8, 4) is 11.4 Å². The molecule has 0 radical (unpaired) electrons. The SMILES string of the molecule is CSNc1ccc(-c2nc(N3CCOCC3)c3sc(CN4CCN(S(C)=O)CC4)cc3n2)cc1. The van der Waals surface area contributed by atoms with Gasteiger partial charge in [0.05, 0.1) is 34.4 Å². The zero-order chi connectivity index (χ0) is 23.5. The summed E-state index contributed by atoms with van der Waals surface area (Å²) in [6, 6.07) is 10.5. The van der Waals surface area contributed by atoms with Gasteiger partial charge in [-0.3, -0.25) is 4.90 Å². The maximum absolute atomic E-state index is 11.8. The first-order valence-corrected chi connectivity index (χ1v) is 15.0. The van der Waals surface area contributed by atoms with Crippen LogP contribution in [0, 0.1) is 0 Å². The number of rotatable bonds is 7. The quantitative estimate of drug-likeness (QED) is 0.478. The molecule has 0 spiro atoms. The summed E-state index contributed by atoms with van der Waals surface area (Å²) in [5, 5.41) is 0. The van der Waals surface area contributed by atoms with Crippen LogP contribution in [-0.2, 0) is 22.3 Å². The molecule has 8 nitrogen and oxygen atoms in total. The number of benzene rings is 1. The topological polar surface area (TPSA) is 73.8 Å². The van der Waals surface area contributed by atoms with Crippen molar-refractivity contribution in [2.75, 3.05) is 74.6 Å². The minimum atomic E-state index is -0.886. The predicted octanol–water partition coefficient (Wildman–Crippen LogP) is 3.30. The van der Waals surface area contributed by atoms with E-state index in [1.54, 1.807) is 29.5 Å². The van der Waals surface area contributed by atoms with Crippen molar-refractivity contribution in [2.45, 2.75) is 6.54 Å². The Morgan fingerprint density at radius 2 is 1.82 bits per heavy atom. The number of nitrogens with one attached hydrogen (secondary N) is 1. The van der Waals surface area contributed by atoms with E-state index in [1.807, 2.05) is 10.6 Å². The lowest BCUT2D eigenvalue weighted by Crippen LogP contribution is -2.46. The van der Waals surface area contributed by atoms with E-state index in [0.717, 1.165) is 92.1 Å². The molecule has 5 rings (SSSR count). The van der Waals surface area contributed by atoms with Crippen LogP contribution in [0.1, 0.15) is 4.88 Å². The van der Waals surface area contributed by atoms with Crippen molar-refractivity contribution in [2.24, 2.45) is 0 Å². The average Bonchev–Trinajstić information content (AvgIpc) is 3.27. The third-order valence-electron chi connectivity index (χ3n) is 6.15. The molecule has 2 aliphatic rings. The number of thiophene rings is 1. The lowest BCUT2D eigenvalue weighted by molar-refractivity contribution is 0.122. The van der Waals surface area contributed by atoms with Crippen molar-refractivity contribution < 1.29 is 8.95 Å². The molecule has 1 aromatic carbocycles. The van der Waals surface area contributed by atoms with Gasteiger partial charge in [-0.1, -0.05) is 11.9 Å². The fourth-order valence-electron chi connectivity index (χ4n) is 4.33. The van der Waals surface area contributed by atoms with Crippen molar-refractivity contribution in [1.82, 2.24) is 19.2 Å². The molecule has 1 N–H and O–H groups in total. The maximum Gasteiger partial charge on any atom is 0.162 e. The summed E-state index contributed by atoms with van der Waals surface area (Å²) in [5.74, 6) is 1.77. The monoisotopic (exact) mass is 518 g/mol. The Hall–Kier alpha value is -1.76. The first-order chi connectivity index (χ1) is 16.6. The molecule has 11 heteroatoms. The first kappa shape index (κ1) is 24.0. The van der Waals surface area contributed by atoms with Gasteiger partial charge in [0.25, 0.3) is 0 Å². The van der Waals surface area contributed by atoms with Crippen molar-refractivity contribution in [1.29, 1.82) is 0 Å². The lowest BCUT2D eigenvalue weighted by atomic mass is 10.2. The fourth-order valence-corrected chi connectivity index (χ4v) is 6.54. The number of piperazine rings is 1. The molecule has 0 saturated carbocycles. The Labute approximate surface area is 211 Å². The third-order valence-corrected chi connectivity index (χ3v) is 8.79. The number of hydrogen-bond donors (Lipinski definition) is 1. The summed E-state index contributed by atoms with van der Waals surface area (Å²) in [4.78, 5) is 16.1. The summed E-state index contributed by atoms with van der Waals surface area (Å²) in [6.07, 6.45) is 3.77. The second-order valence-corrected chi connectivity index (χ2v) is 11.5. The molecule has 3 aromatic rings. The number of aromatic nitrogens is 2. The third kappa shape index (κ3) is 5.39. The van der Waals surface area contributed by atoms with Gasteiger partial charge >= 0.3 is 0 Å². The maximum atomic E-state index is 11.8. The molecule has 34 heavy (non-hydrogen) atoms. The van der Waals surface area contributed by atoms with Crippen LogP contribution >= 0.6 is 23.3 Å². The van der Waals surface area contributed by atoms with Gasteiger partial charge in [0.2, 0.25) is 0 Å². The number of anilines is 2. The highest BCUT2D eigenvalue weighted by molar-refractivity contribution is 7.99. The van der Waals surface area contributed by atoms with Crippen LogP contribution < -0.4 is 9.62 Å². The molecule has 0 bridgehead atoms. The van der Waals surface area contributed by atoms with E-state index in [9.17, 15) is 4.21 Å². The van der Waals surface area contributed by atoms with E-state index in [2.05, 4.69) is 44.9 Å². The Morgan fingerprint density at radius 1 is 1.09 bits per heavy atom. The Balaban J connectivity index is 1.44. The molecule has 0 amide bonds. The van der Waals surface area contributed by atoms with E-state index in [1.165, 1.54) is 4.88 Å². The summed E-state index contributed by atoms with van der Waals surface area (Å²) in [7, 11) is -0.886. The van der Waals surface area contributed by atoms with Gasteiger partial charge in [0.1, 0.15) is 0 Å². The number of ether oxygens (including phenoxy) is 1. The molecule has 182 valence electrons. The van der Waals surface area contributed by atoms with Gasteiger partial charge < -0.3 is 14.4 Å². The van der Waals surface area contributed by atoms with E-state index < -0.39 is 11.0 Å². The number of nitrogens with zero attached hydrogens (tertiary/aromatic N) is 5. The summed E-state index contributed by atoms with van der Waals surface area (Å²) in [5.41, 5.74) is 3.08. The van der Waals surface area contributed by atoms with Crippen LogP contribution in [0.15, 0.2) is 30.3 Å². The van der Waals surface area contributed by atoms with Crippen molar-refractivity contribution >= 4 is 56.0 Å². The molecule has 2 saturated heterocycles. The Kier molecular flexibility index (Phi) is 7.67. The molecular formula is C23H30N6O2S3. The van der Waals surface area contributed by atoms with Crippen LogP contribution in [0.2, 0.25) is 0 Å². The second kappa shape index (κ2) is 10.9. The first-order valence-electron chi connectivity index (χ1n) is 11.4. The zero-order valence-corrected chi connectivity index (χ0v) is 22.0. The lowest BCUT2D eigenvalue weighted by Gasteiger charge is -2.32. The standard InChI is InChI=1S/C23H30N6O2S3/c1-32-26-18-5-3-17(4-6-18)22-24-20-15-19(16-27-7-9-29(10-8-27)34(2)30)33-21(20)23(25-22)28-11-13-31-14-12-28/h3-6,15,26H,7-14,16H2,1-2H3. The summed E-state index contributed by atoms with van der Waals surface area (Å²) >= 11 is 3.37. The van der Waals surface area contributed by atoms with Crippen LogP contribution in [0.25, 0.3) is 21.6 Å². The van der Waals surface area contributed by atoms with E-state index in [-0.39, 0.29) is 0 Å². The predicted molar refractivity (Wildman–Crippen MR) is 144 cm³/mol. The minimum absolute atomic E-state index is 0.719. The van der Waals surface area contributed by atoms with Crippen molar-refractivity contribution in [3.05, 3.63) is 35.2 Å². The van der Waals surface area contributed by atoms with Gasteiger partial charge in [-0.15, -0.1) is 11.3 Å². The van der Waals surface area contributed by atoms with E-state index in [4.69, 9.17) is 14.7 Å². The zero-order valence-electron chi connectivity index (χ0n) is 19.5. The molecule has 1 atom stereocenters. The summed E-state index contributed by atoms with van der Waals surface area (Å²) < 4.78 is 23.8. The van der Waals surface area contributed by atoms with Gasteiger partial charge in [-0.25, -0.2) is 18.5 Å². The highest BCUT2D eigenvalue weighted by atomic mass is 32.2.